The average molecular weight is 285 g/mol. The van der Waals surface area contributed by atoms with Crippen molar-refractivity contribution in [3.63, 3.8) is 0 Å². The molecule has 0 aliphatic heterocycles. The van der Waals surface area contributed by atoms with Crippen LogP contribution >= 0.6 is 0 Å². The van der Waals surface area contributed by atoms with Crippen LogP contribution in [0.15, 0.2) is 0 Å². The molecule has 0 aromatic heterocycles. The third-order valence-electron chi connectivity index (χ3n) is 4.76. The first kappa shape index (κ1) is 17.9. The Hall–Kier alpha value is -0.120. The monoisotopic (exact) mass is 285 g/mol. The van der Waals surface area contributed by atoms with E-state index in [1.807, 2.05) is 6.92 Å². The molecule has 1 fully saturated rings. The Kier molecular flexibility index (Phi) is 8.08. The molecule has 0 saturated heterocycles. The number of hydrogen-bond acceptors (Lipinski definition) is 3. The minimum Gasteiger partial charge on any atom is -0.392 e. The van der Waals surface area contributed by atoms with Gasteiger partial charge in [0.25, 0.3) is 0 Å². The van der Waals surface area contributed by atoms with Crippen LogP contribution in [0.1, 0.15) is 53.4 Å². The second-order valence-corrected chi connectivity index (χ2v) is 7.06. The molecular formula is C17H35NO2. The number of aliphatic hydroxyl groups excluding tert-OH is 1. The van der Waals surface area contributed by atoms with Crippen LogP contribution in [0.5, 0.6) is 0 Å². The Morgan fingerprint density at radius 1 is 1.30 bits per heavy atom. The van der Waals surface area contributed by atoms with E-state index in [1.165, 1.54) is 19.3 Å². The van der Waals surface area contributed by atoms with Gasteiger partial charge in [-0.1, -0.05) is 34.1 Å². The van der Waals surface area contributed by atoms with Crippen molar-refractivity contribution in [3.8, 4) is 0 Å². The predicted molar refractivity (Wildman–Crippen MR) is 84.9 cm³/mol. The maximum absolute atomic E-state index is 9.64. The van der Waals surface area contributed by atoms with Gasteiger partial charge in [0.15, 0.2) is 0 Å². The lowest BCUT2D eigenvalue weighted by atomic mass is 9.75. The Balaban J connectivity index is 2.30. The van der Waals surface area contributed by atoms with Crippen LogP contribution in [0.2, 0.25) is 0 Å². The molecule has 0 bridgehead atoms. The van der Waals surface area contributed by atoms with Gasteiger partial charge in [0.2, 0.25) is 0 Å². The fraction of sp³-hybridized carbons (Fsp3) is 1.00. The summed E-state index contributed by atoms with van der Waals surface area (Å²) in [5, 5.41) is 9.64. The Labute approximate surface area is 125 Å². The summed E-state index contributed by atoms with van der Waals surface area (Å²) in [6, 6.07) is 0. The summed E-state index contributed by atoms with van der Waals surface area (Å²) in [5.74, 6) is 2.24. The van der Waals surface area contributed by atoms with Crippen molar-refractivity contribution in [3.05, 3.63) is 0 Å². The van der Waals surface area contributed by atoms with Crippen molar-refractivity contribution in [2.75, 3.05) is 26.7 Å². The van der Waals surface area contributed by atoms with Crippen LogP contribution < -0.4 is 0 Å². The van der Waals surface area contributed by atoms with Crippen molar-refractivity contribution in [2.24, 2.45) is 17.8 Å². The molecule has 1 rings (SSSR count). The van der Waals surface area contributed by atoms with Gasteiger partial charge in [0.1, 0.15) is 0 Å². The molecule has 3 heteroatoms. The minimum absolute atomic E-state index is 0.210. The van der Waals surface area contributed by atoms with Gasteiger partial charge in [-0.05, 0) is 44.1 Å². The number of rotatable bonds is 8. The average Bonchev–Trinajstić information content (AvgIpc) is 2.38. The van der Waals surface area contributed by atoms with E-state index in [1.54, 1.807) is 0 Å². The normalized spacial score (nSPS) is 29.1. The maximum atomic E-state index is 9.64. The Bertz CT molecular complexity index is 257. The molecule has 3 nitrogen and oxygen atoms in total. The van der Waals surface area contributed by atoms with Gasteiger partial charge in [0, 0.05) is 13.1 Å². The molecule has 0 aromatic carbocycles. The van der Waals surface area contributed by atoms with Gasteiger partial charge >= 0.3 is 0 Å². The fourth-order valence-corrected chi connectivity index (χ4v) is 3.25. The summed E-state index contributed by atoms with van der Waals surface area (Å²) in [5.41, 5.74) is 0. The number of likely N-dealkylation sites (N-methyl/N-ethyl adjacent to an activating group) is 1. The van der Waals surface area contributed by atoms with Crippen LogP contribution in [0, 0.1) is 17.8 Å². The fourth-order valence-electron chi connectivity index (χ4n) is 3.25. The summed E-state index contributed by atoms with van der Waals surface area (Å²) >= 11 is 0. The van der Waals surface area contributed by atoms with E-state index in [9.17, 15) is 5.11 Å². The van der Waals surface area contributed by atoms with Crippen LogP contribution in [0.4, 0.5) is 0 Å². The number of nitrogens with zero attached hydrogens (tertiary/aromatic N) is 1. The molecule has 1 aliphatic carbocycles. The van der Waals surface area contributed by atoms with Crippen LogP contribution in [-0.4, -0.2) is 49.0 Å². The third kappa shape index (κ3) is 6.11. The third-order valence-corrected chi connectivity index (χ3v) is 4.76. The van der Waals surface area contributed by atoms with Crippen molar-refractivity contribution in [2.45, 2.75) is 65.6 Å². The number of aliphatic hydroxyl groups is 1. The van der Waals surface area contributed by atoms with Gasteiger partial charge in [0.05, 0.1) is 18.8 Å². The van der Waals surface area contributed by atoms with Crippen LogP contribution in [0.25, 0.3) is 0 Å². The maximum Gasteiger partial charge on any atom is 0.0664 e. The molecule has 4 atom stereocenters. The first-order valence-corrected chi connectivity index (χ1v) is 8.42. The Morgan fingerprint density at radius 3 is 2.60 bits per heavy atom. The first-order valence-electron chi connectivity index (χ1n) is 8.42. The number of ether oxygens (including phenoxy) is 1. The second kappa shape index (κ2) is 9.01. The van der Waals surface area contributed by atoms with Gasteiger partial charge in [-0.25, -0.2) is 0 Å². The molecule has 0 aromatic rings. The van der Waals surface area contributed by atoms with Crippen molar-refractivity contribution >= 4 is 0 Å². The molecule has 0 amide bonds. The smallest absolute Gasteiger partial charge is 0.0664 e. The highest BCUT2D eigenvalue weighted by atomic mass is 16.5. The molecule has 20 heavy (non-hydrogen) atoms. The van der Waals surface area contributed by atoms with E-state index >= 15 is 0 Å². The highest BCUT2D eigenvalue weighted by molar-refractivity contribution is 4.81. The molecule has 1 unspecified atom stereocenters. The molecule has 1 saturated carbocycles. The van der Waals surface area contributed by atoms with E-state index in [4.69, 9.17) is 4.74 Å². The van der Waals surface area contributed by atoms with Gasteiger partial charge in [-0.3, -0.25) is 0 Å². The summed E-state index contributed by atoms with van der Waals surface area (Å²) in [7, 11) is 2.06. The molecule has 0 spiro atoms. The SMILES string of the molecule is CCC(O)CN(C)CCO[C@@H]1C[C@H](C)CC[C@H]1C(C)C. The topological polar surface area (TPSA) is 32.7 Å². The van der Waals surface area contributed by atoms with Gasteiger partial charge < -0.3 is 14.7 Å². The molecule has 1 N–H and O–H groups in total. The zero-order valence-electron chi connectivity index (χ0n) is 14.1. The van der Waals surface area contributed by atoms with E-state index in [0.29, 0.717) is 12.0 Å². The molecule has 0 heterocycles. The van der Waals surface area contributed by atoms with E-state index in [2.05, 4.69) is 32.7 Å². The Morgan fingerprint density at radius 2 is 2.00 bits per heavy atom. The van der Waals surface area contributed by atoms with Crippen LogP contribution in [0.3, 0.4) is 0 Å². The van der Waals surface area contributed by atoms with Crippen molar-refractivity contribution < 1.29 is 9.84 Å². The second-order valence-electron chi connectivity index (χ2n) is 7.06. The number of hydrogen-bond donors (Lipinski definition) is 1. The van der Waals surface area contributed by atoms with Gasteiger partial charge in [-0.2, -0.15) is 0 Å². The standard InChI is InChI=1S/C17H35NO2/c1-6-15(19)12-18(5)9-10-20-17-11-14(4)7-8-16(17)13(2)3/h13-17,19H,6-12H2,1-5H3/t14-,15?,16+,17-/m1/s1. The zero-order valence-corrected chi connectivity index (χ0v) is 14.1. The minimum atomic E-state index is -0.210. The zero-order chi connectivity index (χ0) is 15.1. The van der Waals surface area contributed by atoms with Crippen molar-refractivity contribution in [1.29, 1.82) is 0 Å². The van der Waals surface area contributed by atoms with E-state index in [-0.39, 0.29) is 6.10 Å². The van der Waals surface area contributed by atoms with Gasteiger partial charge in [-0.15, -0.1) is 0 Å². The lowest BCUT2D eigenvalue weighted by molar-refractivity contribution is -0.0445. The molecule has 1 aliphatic rings. The van der Waals surface area contributed by atoms with E-state index < -0.39 is 0 Å². The quantitative estimate of drug-likeness (QED) is 0.743. The largest absolute Gasteiger partial charge is 0.392 e. The predicted octanol–water partition coefficient (Wildman–Crippen LogP) is 3.17. The highest BCUT2D eigenvalue weighted by Gasteiger charge is 2.31. The first-order chi connectivity index (χ1) is 9.43. The lowest BCUT2D eigenvalue weighted by Gasteiger charge is -2.37. The molecule has 120 valence electrons. The highest BCUT2D eigenvalue weighted by Crippen LogP contribution is 2.35. The summed E-state index contributed by atoms with van der Waals surface area (Å²) in [6.45, 7) is 11.4. The molecule has 0 radical (unpaired) electrons. The summed E-state index contributed by atoms with van der Waals surface area (Å²) < 4.78 is 6.19. The van der Waals surface area contributed by atoms with E-state index in [0.717, 1.165) is 38.0 Å². The summed E-state index contributed by atoms with van der Waals surface area (Å²) in [6.07, 6.45) is 4.92. The van der Waals surface area contributed by atoms with Crippen molar-refractivity contribution in [1.82, 2.24) is 4.90 Å². The van der Waals surface area contributed by atoms with Crippen LogP contribution in [-0.2, 0) is 4.74 Å². The summed E-state index contributed by atoms with van der Waals surface area (Å²) in [4.78, 5) is 2.17. The molecular weight excluding hydrogens is 250 g/mol. The lowest BCUT2D eigenvalue weighted by Crippen LogP contribution is -2.37.